The topological polar surface area (TPSA) is 59.6 Å². The van der Waals surface area contributed by atoms with Crippen LogP contribution in [0.4, 0.5) is 0 Å². The molecule has 1 amide bonds. The summed E-state index contributed by atoms with van der Waals surface area (Å²) < 4.78 is 10.7. The van der Waals surface area contributed by atoms with Crippen molar-refractivity contribution < 1.29 is 14.3 Å². The van der Waals surface area contributed by atoms with Crippen LogP contribution < -0.4 is 10.6 Å². The minimum absolute atomic E-state index is 0.0372. The van der Waals surface area contributed by atoms with Gasteiger partial charge in [-0.15, -0.1) is 0 Å². The predicted molar refractivity (Wildman–Crippen MR) is 68.3 cm³/mol. The van der Waals surface area contributed by atoms with Crippen molar-refractivity contribution >= 4 is 5.91 Å². The van der Waals surface area contributed by atoms with Crippen molar-refractivity contribution in [2.45, 2.75) is 25.8 Å². The number of nitrogens with one attached hydrogen (secondary N) is 2. The summed E-state index contributed by atoms with van der Waals surface area (Å²) in [6.45, 7) is 6.53. The summed E-state index contributed by atoms with van der Waals surface area (Å²) in [4.78, 5) is 12.1. The summed E-state index contributed by atoms with van der Waals surface area (Å²) in [5.74, 6) is 0.664. The fourth-order valence-electron chi connectivity index (χ4n) is 2.60. The van der Waals surface area contributed by atoms with E-state index in [0.717, 1.165) is 39.1 Å². The number of rotatable bonds is 5. The number of hydrogen-bond acceptors (Lipinski definition) is 4. The molecular formula is C13H24N2O3. The lowest BCUT2D eigenvalue weighted by atomic mass is 9.99. The third-order valence-corrected chi connectivity index (χ3v) is 3.79. The molecule has 18 heavy (non-hydrogen) atoms. The molecule has 2 rings (SSSR count). The van der Waals surface area contributed by atoms with E-state index < -0.39 is 0 Å². The van der Waals surface area contributed by atoms with E-state index >= 15 is 0 Å². The Morgan fingerprint density at radius 3 is 2.72 bits per heavy atom. The van der Waals surface area contributed by atoms with Gasteiger partial charge in [0.2, 0.25) is 5.91 Å². The van der Waals surface area contributed by atoms with E-state index in [2.05, 4.69) is 17.6 Å². The third kappa shape index (κ3) is 3.67. The number of carbonyl (C=O) groups excluding carboxylic acids is 1. The van der Waals surface area contributed by atoms with E-state index in [9.17, 15) is 4.79 Å². The van der Waals surface area contributed by atoms with Crippen molar-refractivity contribution in [2.75, 3.05) is 39.5 Å². The minimum Gasteiger partial charge on any atom is -0.381 e. The molecule has 5 nitrogen and oxygen atoms in total. The average Bonchev–Trinajstić information content (AvgIpc) is 2.86. The second-order valence-electron chi connectivity index (χ2n) is 5.11. The fraction of sp³-hybridized carbons (Fsp3) is 0.923. The molecule has 0 aromatic carbocycles. The number of ether oxygens (including phenoxy) is 2. The van der Waals surface area contributed by atoms with Crippen LogP contribution in [0.1, 0.15) is 19.8 Å². The molecule has 0 bridgehead atoms. The number of hydrogen-bond donors (Lipinski definition) is 2. The normalized spacial score (nSPS) is 29.4. The Morgan fingerprint density at radius 1 is 1.22 bits per heavy atom. The summed E-state index contributed by atoms with van der Waals surface area (Å²) in [6.07, 6.45) is 2.11. The fourth-order valence-corrected chi connectivity index (χ4v) is 2.60. The van der Waals surface area contributed by atoms with Gasteiger partial charge in [0.05, 0.1) is 19.1 Å². The first-order valence-corrected chi connectivity index (χ1v) is 6.97. The van der Waals surface area contributed by atoms with E-state index in [-0.39, 0.29) is 17.9 Å². The zero-order valence-corrected chi connectivity index (χ0v) is 11.1. The van der Waals surface area contributed by atoms with Gasteiger partial charge in [-0.2, -0.15) is 0 Å². The standard InChI is InChI=1S/C13H24N2O3/c1-2-14-12-9-18-8-11(12)13(16)15-7-10-3-5-17-6-4-10/h10-12,14H,2-9H2,1H3,(H,15,16). The Bertz CT molecular complexity index is 267. The highest BCUT2D eigenvalue weighted by molar-refractivity contribution is 5.79. The zero-order valence-electron chi connectivity index (χ0n) is 11.1. The minimum atomic E-state index is -0.0372. The maximum Gasteiger partial charge on any atom is 0.227 e. The monoisotopic (exact) mass is 256 g/mol. The molecule has 0 spiro atoms. The Kier molecular flexibility index (Phi) is 5.41. The molecule has 2 atom stereocenters. The maximum atomic E-state index is 12.1. The maximum absolute atomic E-state index is 12.1. The van der Waals surface area contributed by atoms with Gasteiger partial charge in [-0.05, 0) is 25.3 Å². The molecule has 2 aliphatic rings. The molecule has 0 aromatic rings. The van der Waals surface area contributed by atoms with Gasteiger partial charge >= 0.3 is 0 Å². The summed E-state index contributed by atoms with van der Waals surface area (Å²) in [6, 6.07) is 0.171. The van der Waals surface area contributed by atoms with Crippen molar-refractivity contribution in [1.82, 2.24) is 10.6 Å². The number of carbonyl (C=O) groups is 1. The van der Waals surface area contributed by atoms with Crippen molar-refractivity contribution in [1.29, 1.82) is 0 Å². The van der Waals surface area contributed by atoms with E-state index in [4.69, 9.17) is 9.47 Å². The molecule has 0 aromatic heterocycles. The highest BCUT2D eigenvalue weighted by Gasteiger charge is 2.33. The van der Waals surface area contributed by atoms with Gasteiger partial charge in [-0.3, -0.25) is 4.79 Å². The van der Waals surface area contributed by atoms with E-state index in [1.807, 2.05) is 0 Å². The van der Waals surface area contributed by atoms with Gasteiger partial charge in [-0.1, -0.05) is 6.92 Å². The van der Waals surface area contributed by atoms with Gasteiger partial charge in [0.25, 0.3) is 0 Å². The van der Waals surface area contributed by atoms with Crippen LogP contribution in [0.5, 0.6) is 0 Å². The van der Waals surface area contributed by atoms with Crippen LogP contribution in [0, 0.1) is 11.8 Å². The van der Waals surface area contributed by atoms with Crippen LogP contribution in [0.15, 0.2) is 0 Å². The lowest BCUT2D eigenvalue weighted by Crippen LogP contribution is -2.45. The van der Waals surface area contributed by atoms with Gasteiger partial charge in [0.1, 0.15) is 0 Å². The molecule has 2 N–H and O–H groups in total. The van der Waals surface area contributed by atoms with Gasteiger partial charge < -0.3 is 20.1 Å². The van der Waals surface area contributed by atoms with E-state index in [1.54, 1.807) is 0 Å². The molecule has 2 aliphatic heterocycles. The summed E-state index contributed by atoms with van der Waals surface area (Å²) in [7, 11) is 0. The third-order valence-electron chi connectivity index (χ3n) is 3.79. The lowest BCUT2D eigenvalue weighted by molar-refractivity contribution is -0.125. The quantitative estimate of drug-likeness (QED) is 0.735. The van der Waals surface area contributed by atoms with Crippen molar-refractivity contribution in [3.05, 3.63) is 0 Å². The second kappa shape index (κ2) is 7.07. The molecule has 0 saturated carbocycles. The Hall–Kier alpha value is -0.650. The molecule has 2 fully saturated rings. The van der Waals surface area contributed by atoms with Crippen LogP contribution in [-0.4, -0.2) is 51.5 Å². The van der Waals surface area contributed by atoms with Crippen molar-refractivity contribution in [2.24, 2.45) is 11.8 Å². The van der Waals surface area contributed by atoms with Crippen LogP contribution >= 0.6 is 0 Å². The second-order valence-corrected chi connectivity index (χ2v) is 5.11. The van der Waals surface area contributed by atoms with Crippen LogP contribution in [0.25, 0.3) is 0 Å². The van der Waals surface area contributed by atoms with E-state index in [1.165, 1.54) is 0 Å². The first kappa shape index (κ1) is 13.8. The first-order chi connectivity index (χ1) is 8.81. The van der Waals surface area contributed by atoms with Crippen molar-refractivity contribution in [3.8, 4) is 0 Å². The molecule has 2 saturated heterocycles. The SMILES string of the molecule is CCNC1COCC1C(=O)NCC1CCOCC1. The first-order valence-electron chi connectivity index (χ1n) is 6.97. The van der Waals surface area contributed by atoms with Crippen LogP contribution in [0.2, 0.25) is 0 Å². The van der Waals surface area contributed by atoms with E-state index in [0.29, 0.717) is 19.1 Å². The summed E-state index contributed by atoms with van der Waals surface area (Å²) >= 11 is 0. The predicted octanol–water partition coefficient (Wildman–Crippen LogP) is 0.154. The van der Waals surface area contributed by atoms with Gasteiger partial charge in [0.15, 0.2) is 0 Å². The molecule has 0 aliphatic carbocycles. The van der Waals surface area contributed by atoms with Crippen LogP contribution in [-0.2, 0) is 14.3 Å². The van der Waals surface area contributed by atoms with Crippen molar-refractivity contribution in [3.63, 3.8) is 0 Å². The largest absolute Gasteiger partial charge is 0.381 e. The highest BCUT2D eigenvalue weighted by Crippen LogP contribution is 2.16. The molecule has 0 radical (unpaired) electrons. The molecule has 5 heteroatoms. The highest BCUT2D eigenvalue weighted by atomic mass is 16.5. The smallest absolute Gasteiger partial charge is 0.227 e. The molecule has 104 valence electrons. The lowest BCUT2D eigenvalue weighted by Gasteiger charge is -2.24. The number of likely N-dealkylation sites (N-methyl/N-ethyl adjacent to an activating group) is 1. The van der Waals surface area contributed by atoms with Gasteiger partial charge in [-0.25, -0.2) is 0 Å². The van der Waals surface area contributed by atoms with Crippen LogP contribution in [0.3, 0.4) is 0 Å². The Morgan fingerprint density at radius 2 is 2.00 bits per heavy atom. The number of amides is 1. The average molecular weight is 256 g/mol. The Labute approximate surface area is 109 Å². The molecular weight excluding hydrogens is 232 g/mol. The zero-order chi connectivity index (χ0) is 12.8. The molecule has 2 unspecified atom stereocenters. The molecule has 2 heterocycles. The summed E-state index contributed by atoms with van der Waals surface area (Å²) in [5.41, 5.74) is 0. The van der Waals surface area contributed by atoms with Gasteiger partial charge in [0, 0.05) is 25.8 Å². The Balaban J connectivity index is 1.73. The summed E-state index contributed by atoms with van der Waals surface area (Å²) in [5, 5.41) is 6.38.